The lowest BCUT2D eigenvalue weighted by atomic mass is 9.99. The van der Waals surface area contributed by atoms with Gasteiger partial charge in [0.25, 0.3) is 0 Å². The minimum Gasteiger partial charge on any atom is -0.481 e. The van der Waals surface area contributed by atoms with Crippen molar-refractivity contribution in [2.45, 2.75) is 26.8 Å². The minimum atomic E-state index is -0.857. The number of aliphatic carboxylic acids is 1. The molecule has 1 fully saturated rings. The molecule has 1 aromatic heterocycles. The molecule has 0 aliphatic carbocycles. The smallest absolute Gasteiger partial charge is 0.318 e. The van der Waals surface area contributed by atoms with E-state index in [4.69, 9.17) is 9.52 Å². The fraction of sp³-hybridized carbons (Fsp3) is 0.615. The maximum atomic E-state index is 12.1. The number of nitrogens with zero attached hydrogens (tertiary/aromatic N) is 2. The topological polar surface area (TPSA) is 95.7 Å². The third-order valence-corrected chi connectivity index (χ3v) is 3.57. The van der Waals surface area contributed by atoms with Gasteiger partial charge >= 0.3 is 12.0 Å². The van der Waals surface area contributed by atoms with Gasteiger partial charge in [-0.15, -0.1) is 0 Å². The van der Waals surface area contributed by atoms with Crippen LogP contribution in [0.4, 0.5) is 4.79 Å². The van der Waals surface area contributed by atoms with E-state index in [9.17, 15) is 9.59 Å². The molecule has 1 saturated heterocycles. The molecule has 0 radical (unpaired) electrons. The Morgan fingerprint density at radius 1 is 1.55 bits per heavy atom. The molecule has 1 aliphatic heterocycles. The first kappa shape index (κ1) is 14.4. The van der Waals surface area contributed by atoms with Gasteiger partial charge in [0.05, 0.1) is 12.1 Å². The quantitative estimate of drug-likeness (QED) is 0.873. The fourth-order valence-corrected chi connectivity index (χ4v) is 2.36. The Hall–Kier alpha value is -2.05. The van der Waals surface area contributed by atoms with Crippen molar-refractivity contribution in [1.82, 2.24) is 15.2 Å². The van der Waals surface area contributed by atoms with Gasteiger partial charge in [0.15, 0.2) is 0 Å². The molecule has 0 saturated carbocycles. The molecule has 3 atom stereocenters. The van der Waals surface area contributed by atoms with Gasteiger partial charge in [0, 0.05) is 13.1 Å². The molecule has 20 heavy (non-hydrogen) atoms. The Morgan fingerprint density at radius 2 is 2.25 bits per heavy atom. The van der Waals surface area contributed by atoms with E-state index >= 15 is 0 Å². The first-order valence-corrected chi connectivity index (χ1v) is 6.59. The zero-order valence-electron chi connectivity index (χ0n) is 11.8. The van der Waals surface area contributed by atoms with Crippen LogP contribution in [0.3, 0.4) is 0 Å². The van der Waals surface area contributed by atoms with Crippen LogP contribution in [0.15, 0.2) is 10.6 Å². The van der Waals surface area contributed by atoms with Gasteiger partial charge in [0.1, 0.15) is 11.8 Å². The fourth-order valence-electron chi connectivity index (χ4n) is 2.36. The summed E-state index contributed by atoms with van der Waals surface area (Å²) in [5.74, 6) is -0.276. The number of carbonyl (C=O) groups is 2. The maximum absolute atomic E-state index is 12.1. The van der Waals surface area contributed by atoms with Crippen LogP contribution in [0, 0.1) is 18.8 Å². The molecule has 3 unspecified atom stereocenters. The highest BCUT2D eigenvalue weighted by molar-refractivity contribution is 5.77. The number of likely N-dealkylation sites (tertiary alicyclic amines) is 1. The highest BCUT2D eigenvalue weighted by Gasteiger charge is 2.37. The molecular formula is C13H19N3O4. The Bertz CT molecular complexity index is 513. The summed E-state index contributed by atoms with van der Waals surface area (Å²) >= 11 is 0. The Balaban J connectivity index is 1.94. The van der Waals surface area contributed by atoms with Crippen LogP contribution in [-0.4, -0.2) is 40.1 Å². The summed E-state index contributed by atoms with van der Waals surface area (Å²) in [6.07, 6.45) is 1.59. The Kier molecular flexibility index (Phi) is 3.96. The lowest BCUT2D eigenvalue weighted by Crippen LogP contribution is -2.40. The van der Waals surface area contributed by atoms with Crippen molar-refractivity contribution >= 4 is 12.0 Å². The van der Waals surface area contributed by atoms with Crippen LogP contribution in [0.25, 0.3) is 0 Å². The summed E-state index contributed by atoms with van der Waals surface area (Å²) in [5, 5.41) is 11.8. The van der Waals surface area contributed by atoms with E-state index in [1.165, 1.54) is 4.90 Å². The molecule has 1 aromatic rings. The van der Waals surface area contributed by atoms with E-state index < -0.39 is 11.9 Å². The number of rotatable bonds is 3. The molecular weight excluding hydrogens is 262 g/mol. The SMILES string of the molecule is Cc1cnc(C(C)NC(=O)N2CC(C)C(C(=O)O)C2)o1. The standard InChI is InChI=1S/C13H19N3O4/c1-7-5-16(6-10(7)12(17)18)13(19)15-9(3)11-14-4-8(2)20-11/h4,7,9-10H,5-6H2,1-3H3,(H,15,19)(H,17,18). The number of urea groups is 1. The third kappa shape index (κ3) is 2.92. The molecule has 0 aromatic carbocycles. The van der Waals surface area contributed by atoms with Crippen molar-refractivity contribution in [3.63, 3.8) is 0 Å². The molecule has 0 bridgehead atoms. The summed E-state index contributed by atoms with van der Waals surface area (Å²) < 4.78 is 5.35. The number of carbonyl (C=O) groups excluding carboxylic acids is 1. The van der Waals surface area contributed by atoms with Crippen molar-refractivity contribution in [2.24, 2.45) is 11.8 Å². The van der Waals surface area contributed by atoms with Crippen LogP contribution in [-0.2, 0) is 4.79 Å². The van der Waals surface area contributed by atoms with Gasteiger partial charge in [-0.05, 0) is 19.8 Å². The van der Waals surface area contributed by atoms with Crippen LogP contribution < -0.4 is 5.32 Å². The van der Waals surface area contributed by atoms with Crippen LogP contribution in [0.2, 0.25) is 0 Å². The summed E-state index contributed by atoms with van der Waals surface area (Å²) in [5.41, 5.74) is 0. The Labute approximate surface area is 117 Å². The number of aryl methyl sites for hydroxylation is 1. The minimum absolute atomic E-state index is 0.0439. The van der Waals surface area contributed by atoms with Crippen LogP contribution in [0.1, 0.15) is 31.5 Å². The van der Waals surface area contributed by atoms with E-state index in [-0.39, 0.29) is 24.5 Å². The maximum Gasteiger partial charge on any atom is 0.318 e. The summed E-state index contributed by atoms with van der Waals surface area (Å²) in [4.78, 5) is 28.7. The number of carboxylic acid groups (broad SMARTS) is 1. The third-order valence-electron chi connectivity index (χ3n) is 3.57. The second-order valence-electron chi connectivity index (χ2n) is 5.31. The second-order valence-corrected chi connectivity index (χ2v) is 5.31. The highest BCUT2D eigenvalue weighted by Crippen LogP contribution is 2.23. The van der Waals surface area contributed by atoms with Gasteiger partial charge in [-0.25, -0.2) is 9.78 Å². The van der Waals surface area contributed by atoms with Gasteiger partial charge in [-0.1, -0.05) is 6.92 Å². The average Bonchev–Trinajstić information content (AvgIpc) is 2.95. The zero-order chi connectivity index (χ0) is 14.9. The molecule has 0 spiro atoms. The lowest BCUT2D eigenvalue weighted by Gasteiger charge is -2.19. The zero-order valence-corrected chi connectivity index (χ0v) is 11.8. The predicted octanol–water partition coefficient (Wildman–Crippen LogP) is 1.41. The van der Waals surface area contributed by atoms with Crippen molar-refractivity contribution in [3.05, 3.63) is 17.8 Å². The van der Waals surface area contributed by atoms with Gasteiger partial charge < -0.3 is 19.7 Å². The van der Waals surface area contributed by atoms with Gasteiger partial charge in [-0.2, -0.15) is 0 Å². The summed E-state index contributed by atoms with van der Waals surface area (Å²) in [6, 6.07) is -0.640. The average molecular weight is 281 g/mol. The molecule has 1 aliphatic rings. The monoisotopic (exact) mass is 281 g/mol. The molecule has 2 amide bonds. The normalized spacial score (nSPS) is 23.6. The number of oxazole rings is 1. The molecule has 2 N–H and O–H groups in total. The van der Waals surface area contributed by atoms with Crippen LogP contribution in [0.5, 0.6) is 0 Å². The molecule has 110 valence electrons. The molecule has 7 heteroatoms. The molecule has 2 rings (SSSR count). The lowest BCUT2D eigenvalue weighted by molar-refractivity contribution is -0.142. The number of hydrogen-bond acceptors (Lipinski definition) is 4. The highest BCUT2D eigenvalue weighted by atomic mass is 16.4. The van der Waals surface area contributed by atoms with Gasteiger partial charge in [0.2, 0.25) is 5.89 Å². The molecule has 7 nitrogen and oxygen atoms in total. The van der Waals surface area contributed by atoms with E-state index in [1.54, 1.807) is 20.0 Å². The van der Waals surface area contributed by atoms with Crippen LogP contribution >= 0.6 is 0 Å². The van der Waals surface area contributed by atoms with E-state index in [2.05, 4.69) is 10.3 Å². The number of amides is 2. The largest absolute Gasteiger partial charge is 0.481 e. The second kappa shape index (κ2) is 5.52. The van der Waals surface area contributed by atoms with Crippen molar-refractivity contribution in [2.75, 3.05) is 13.1 Å². The van der Waals surface area contributed by atoms with Gasteiger partial charge in [-0.3, -0.25) is 4.79 Å². The summed E-state index contributed by atoms with van der Waals surface area (Å²) in [6.45, 7) is 6.08. The number of nitrogens with one attached hydrogen (secondary N) is 1. The van der Waals surface area contributed by atoms with E-state index in [1.807, 2.05) is 6.92 Å². The molecule has 2 heterocycles. The van der Waals surface area contributed by atoms with Crippen molar-refractivity contribution in [3.8, 4) is 0 Å². The van der Waals surface area contributed by atoms with E-state index in [0.717, 1.165) is 0 Å². The first-order valence-electron chi connectivity index (χ1n) is 6.59. The first-order chi connectivity index (χ1) is 9.38. The van der Waals surface area contributed by atoms with E-state index in [0.29, 0.717) is 18.2 Å². The Morgan fingerprint density at radius 3 is 2.75 bits per heavy atom. The summed E-state index contributed by atoms with van der Waals surface area (Å²) in [7, 11) is 0. The number of hydrogen-bond donors (Lipinski definition) is 2. The predicted molar refractivity (Wildman–Crippen MR) is 70.0 cm³/mol. The number of aromatic nitrogens is 1. The van der Waals surface area contributed by atoms with Crippen molar-refractivity contribution in [1.29, 1.82) is 0 Å². The number of carboxylic acids is 1. The van der Waals surface area contributed by atoms with Crippen molar-refractivity contribution < 1.29 is 19.1 Å².